The van der Waals surface area contributed by atoms with E-state index in [4.69, 9.17) is 9.47 Å². The highest BCUT2D eigenvalue weighted by molar-refractivity contribution is 5.91. The van der Waals surface area contributed by atoms with Crippen LogP contribution in [0.15, 0.2) is 11.6 Å². The number of methoxy groups -OCH3 is 1. The lowest BCUT2D eigenvalue weighted by Gasteiger charge is -2.36. The number of amides is 2. The SMILES string of the molecule is CCOC(=O)C(C)=C[C@H](C(C)C)N(C)C(=O)[C@@H](NC(=O)[C@@H]1CCCCN1C)[C@@H](C)OC. The molecule has 0 aromatic carbocycles. The summed E-state index contributed by atoms with van der Waals surface area (Å²) >= 11 is 0. The van der Waals surface area contributed by atoms with Crippen molar-refractivity contribution >= 4 is 17.8 Å². The molecule has 1 rings (SSSR count). The maximum Gasteiger partial charge on any atom is 0.333 e. The van der Waals surface area contributed by atoms with Crippen molar-refractivity contribution in [3.8, 4) is 0 Å². The average Bonchev–Trinajstić information content (AvgIpc) is 2.74. The summed E-state index contributed by atoms with van der Waals surface area (Å²) in [6.07, 6.45) is 4.09. The molecule has 1 heterocycles. The molecule has 31 heavy (non-hydrogen) atoms. The zero-order valence-electron chi connectivity index (χ0n) is 20.4. The smallest absolute Gasteiger partial charge is 0.333 e. The van der Waals surface area contributed by atoms with Gasteiger partial charge in [-0.15, -0.1) is 0 Å². The molecule has 0 saturated carbocycles. The summed E-state index contributed by atoms with van der Waals surface area (Å²) in [5, 5.41) is 2.93. The highest BCUT2D eigenvalue weighted by Crippen LogP contribution is 2.18. The van der Waals surface area contributed by atoms with Crippen LogP contribution < -0.4 is 5.32 Å². The van der Waals surface area contributed by atoms with Gasteiger partial charge in [0.2, 0.25) is 11.8 Å². The Morgan fingerprint density at radius 2 is 1.87 bits per heavy atom. The molecule has 0 aromatic rings. The third-order valence-corrected chi connectivity index (χ3v) is 5.97. The van der Waals surface area contributed by atoms with Gasteiger partial charge >= 0.3 is 5.97 Å². The first kappa shape index (κ1) is 27.1. The summed E-state index contributed by atoms with van der Waals surface area (Å²) in [4.78, 5) is 42.1. The summed E-state index contributed by atoms with van der Waals surface area (Å²) in [6, 6.07) is -1.40. The summed E-state index contributed by atoms with van der Waals surface area (Å²) in [5.41, 5.74) is 0.449. The van der Waals surface area contributed by atoms with Gasteiger partial charge in [0.1, 0.15) is 6.04 Å². The fourth-order valence-corrected chi connectivity index (χ4v) is 3.86. The standard InChI is InChI=1S/C23H41N3O5/c1-9-31-23(29)16(4)14-19(15(2)3)26(7)22(28)20(17(5)30-8)24-21(27)18-12-10-11-13-25(18)6/h14-15,17-20H,9-13H2,1-8H3,(H,24,27)/t17-,18+,19-,20+/m1/s1. The molecule has 178 valence electrons. The second-order valence-electron chi connectivity index (χ2n) is 8.67. The molecular weight excluding hydrogens is 398 g/mol. The zero-order valence-corrected chi connectivity index (χ0v) is 20.4. The predicted molar refractivity (Wildman–Crippen MR) is 120 cm³/mol. The summed E-state index contributed by atoms with van der Waals surface area (Å²) in [6.45, 7) is 10.3. The van der Waals surface area contributed by atoms with E-state index in [9.17, 15) is 14.4 Å². The number of hydrogen-bond acceptors (Lipinski definition) is 6. The van der Waals surface area contributed by atoms with Gasteiger partial charge in [-0.05, 0) is 53.1 Å². The first-order valence-electron chi connectivity index (χ1n) is 11.2. The number of nitrogens with one attached hydrogen (secondary N) is 1. The Balaban J connectivity index is 3.06. The second-order valence-corrected chi connectivity index (χ2v) is 8.67. The van der Waals surface area contributed by atoms with Crippen molar-refractivity contribution in [1.82, 2.24) is 15.1 Å². The number of piperidine rings is 1. The number of likely N-dealkylation sites (N-methyl/N-ethyl adjacent to an activating group) is 2. The predicted octanol–water partition coefficient (Wildman–Crippen LogP) is 1.98. The number of rotatable bonds is 10. The first-order valence-corrected chi connectivity index (χ1v) is 11.2. The van der Waals surface area contributed by atoms with Crippen LogP contribution in [0.5, 0.6) is 0 Å². The van der Waals surface area contributed by atoms with Gasteiger partial charge in [-0.2, -0.15) is 0 Å². The van der Waals surface area contributed by atoms with Gasteiger partial charge in [-0.3, -0.25) is 14.5 Å². The molecule has 0 bridgehead atoms. The molecule has 1 saturated heterocycles. The average molecular weight is 440 g/mol. The molecule has 2 amide bonds. The minimum Gasteiger partial charge on any atom is -0.463 e. The number of likely N-dealkylation sites (tertiary alicyclic amines) is 1. The van der Waals surface area contributed by atoms with Crippen LogP contribution in [-0.4, -0.2) is 86.2 Å². The largest absolute Gasteiger partial charge is 0.463 e. The molecule has 8 nitrogen and oxygen atoms in total. The molecule has 0 aliphatic carbocycles. The quantitative estimate of drug-likeness (QED) is 0.414. The van der Waals surface area contributed by atoms with Crippen molar-refractivity contribution in [2.45, 2.75) is 78.1 Å². The topological polar surface area (TPSA) is 88.2 Å². The molecule has 1 aliphatic heterocycles. The third-order valence-electron chi connectivity index (χ3n) is 5.97. The van der Waals surface area contributed by atoms with Crippen LogP contribution in [0.25, 0.3) is 0 Å². The van der Waals surface area contributed by atoms with Gasteiger partial charge in [0.25, 0.3) is 0 Å². The Hall–Kier alpha value is -1.93. The highest BCUT2D eigenvalue weighted by atomic mass is 16.5. The lowest BCUT2D eigenvalue weighted by Crippen LogP contribution is -2.59. The lowest BCUT2D eigenvalue weighted by atomic mass is 9.98. The van der Waals surface area contributed by atoms with Crippen LogP contribution in [-0.2, 0) is 23.9 Å². The van der Waals surface area contributed by atoms with Crippen molar-refractivity contribution in [1.29, 1.82) is 0 Å². The van der Waals surface area contributed by atoms with E-state index in [2.05, 4.69) is 5.32 Å². The van der Waals surface area contributed by atoms with Crippen LogP contribution in [0.1, 0.15) is 53.9 Å². The summed E-state index contributed by atoms with van der Waals surface area (Å²) in [7, 11) is 5.15. The van der Waals surface area contributed by atoms with E-state index in [0.717, 1.165) is 25.8 Å². The third kappa shape index (κ3) is 7.61. The van der Waals surface area contributed by atoms with Gasteiger partial charge in [0, 0.05) is 19.7 Å². The second kappa shape index (κ2) is 12.8. The summed E-state index contributed by atoms with van der Waals surface area (Å²) in [5.74, 6) is -0.758. The number of nitrogens with zero attached hydrogens (tertiary/aromatic N) is 2. The lowest BCUT2D eigenvalue weighted by molar-refractivity contribution is -0.142. The Morgan fingerprint density at radius 3 is 2.39 bits per heavy atom. The van der Waals surface area contributed by atoms with Crippen LogP contribution in [0, 0.1) is 5.92 Å². The number of carbonyl (C=O) groups is 3. The maximum absolute atomic E-state index is 13.4. The molecule has 0 radical (unpaired) electrons. The van der Waals surface area contributed by atoms with Crippen LogP contribution >= 0.6 is 0 Å². The van der Waals surface area contributed by atoms with Crippen molar-refractivity contribution in [3.63, 3.8) is 0 Å². The molecule has 1 fully saturated rings. The van der Waals surface area contributed by atoms with Crippen LogP contribution in [0.3, 0.4) is 0 Å². The van der Waals surface area contributed by atoms with Crippen molar-refractivity contribution in [3.05, 3.63) is 11.6 Å². The van der Waals surface area contributed by atoms with E-state index < -0.39 is 18.1 Å². The van der Waals surface area contributed by atoms with E-state index in [1.807, 2.05) is 25.8 Å². The molecule has 0 spiro atoms. The van der Waals surface area contributed by atoms with Crippen molar-refractivity contribution in [2.75, 3.05) is 34.4 Å². The van der Waals surface area contributed by atoms with E-state index in [-0.39, 0.29) is 29.8 Å². The highest BCUT2D eigenvalue weighted by Gasteiger charge is 2.35. The van der Waals surface area contributed by atoms with E-state index in [1.165, 1.54) is 7.11 Å². The normalized spacial score (nSPS) is 20.7. The zero-order chi connectivity index (χ0) is 23.7. The van der Waals surface area contributed by atoms with Gasteiger partial charge in [-0.1, -0.05) is 26.3 Å². The van der Waals surface area contributed by atoms with E-state index >= 15 is 0 Å². The Morgan fingerprint density at radius 1 is 1.23 bits per heavy atom. The van der Waals surface area contributed by atoms with Crippen LogP contribution in [0.2, 0.25) is 0 Å². The number of ether oxygens (including phenoxy) is 2. The molecule has 0 aromatic heterocycles. The molecule has 0 unspecified atom stereocenters. The molecule has 1 N–H and O–H groups in total. The monoisotopic (exact) mass is 439 g/mol. The van der Waals surface area contributed by atoms with Gasteiger partial charge in [0.15, 0.2) is 0 Å². The minimum absolute atomic E-state index is 0.0528. The molecular formula is C23H41N3O5. The van der Waals surface area contributed by atoms with Gasteiger partial charge < -0.3 is 19.7 Å². The molecule has 8 heteroatoms. The Labute approximate surface area is 187 Å². The van der Waals surface area contributed by atoms with Gasteiger partial charge in [-0.25, -0.2) is 4.79 Å². The summed E-state index contributed by atoms with van der Waals surface area (Å²) < 4.78 is 10.5. The Kier molecular flexibility index (Phi) is 11.2. The molecule has 1 aliphatic rings. The molecule has 4 atom stereocenters. The minimum atomic E-state index is -0.824. The number of carbonyl (C=O) groups excluding carboxylic acids is 3. The van der Waals surface area contributed by atoms with Gasteiger partial charge in [0.05, 0.1) is 24.8 Å². The fourth-order valence-electron chi connectivity index (χ4n) is 3.86. The number of hydrogen-bond donors (Lipinski definition) is 1. The van der Waals surface area contributed by atoms with E-state index in [1.54, 1.807) is 38.8 Å². The first-order chi connectivity index (χ1) is 14.5. The van der Waals surface area contributed by atoms with E-state index in [0.29, 0.717) is 12.2 Å². The fraction of sp³-hybridized carbons (Fsp3) is 0.783. The van der Waals surface area contributed by atoms with Crippen molar-refractivity contribution in [2.24, 2.45) is 5.92 Å². The maximum atomic E-state index is 13.4. The Bertz CT molecular complexity index is 649. The van der Waals surface area contributed by atoms with Crippen LogP contribution in [0.4, 0.5) is 0 Å². The number of esters is 1. The van der Waals surface area contributed by atoms with Crippen molar-refractivity contribution < 1.29 is 23.9 Å².